The highest BCUT2D eigenvalue weighted by Crippen LogP contribution is 2.28. The van der Waals surface area contributed by atoms with Crippen LogP contribution in [0.5, 0.6) is 11.5 Å². The van der Waals surface area contributed by atoms with Gasteiger partial charge in [-0.05, 0) is 17.7 Å². The van der Waals surface area contributed by atoms with Crippen LogP contribution in [0.15, 0.2) is 30.6 Å². The minimum absolute atomic E-state index is 0.287. The second-order valence-electron chi connectivity index (χ2n) is 3.75. The monoisotopic (exact) mass is 279 g/mol. The van der Waals surface area contributed by atoms with Crippen molar-refractivity contribution in [3.63, 3.8) is 0 Å². The van der Waals surface area contributed by atoms with Gasteiger partial charge in [-0.3, -0.25) is 0 Å². The van der Waals surface area contributed by atoms with Crippen molar-refractivity contribution in [1.82, 2.24) is 9.97 Å². The Hall–Kier alpha value is -2.01. The van der Waals surface area contributed by atoms with Gasteiger partial charge in [-0.1, -0.05) is 23.7 Å². The average molecular weight is 280 g/mol. The molecule has 19 heavy (non-hydrogen) atoms. The lowest BCUT2D eigenvalue weighted by Crippen LogP contribution is -2.04. The van der Waals surface area contributed by atoms with Crippen molar-refractivity contribution in [3.8, 4) is 11.5 Å². The summed E-state index contributed by atoms with van der Waals surface area (Å²) in [5.74, 6) is 1.84. The van der Waals surface area contributed by atoms with Crippen LogP contribution in [0.1, 0.15) is 5.56 Å². The fraction of sp³-hybridized carbons (Fsp3) is 0.231. The fourth-order valence-corrected chi connectivity index (χ4v) is 1.80. The highest BCUT2D eigenvalue weighted by atomic mass is 35.5. The molecule has 0 spiro atoms. The molecule has 1 N–H and O–H groups in total. The minimum atomic E-state index is 0.287. The van der Waals surface area contributed by atoms with Gasteiger partial charge in [0.2, 0.25) is 0 Å². The zero-order chi connectivity index (χ0) is 13.7. The van der Waals surface area contributed by atoms with Crippen molar-refractivity contribution in [1.29, 1.82) is 0 Å². The molecule has 100 valence electrons. The number of nitrogens with one attached hydrogen (secondary N) is 1. The Morgan fingerprint density at radius 1 is 1.11 bits per heavy atom. The van der Waals surface area contributed by atoms with Crippen molar-refractivity contribution in [2.75, 3.05) is 19.5 Å². The Labute approximate surface area is 116 Å². The molecule has 1 aromatic carbocycles. The van der Waals surface area contributed by atoms with E-state index in [0.29, 0.717) is 18.1 Å². The summed E-state index contributed by atoms with van der Waals surface area (Å²) in [6.07, 6.45) is 1.39. The standard InChI is InChI=1S/C13H14ClN3O2/c1-18-10-5-3-9(4-6-10)7-15-13-11(19-2)12(14)16-8-17-13/h3-6,8H,7H2,1-2H3,(H,15,16,17). The Bertz CT molecular complexity index is 546. The molecule has 0 atom stereocenters. The molecular formula is C13H14ClN3O2. The van der Waals surface area contributed by atoms with Gasteiger partial charge in [-0.2, -0.15) is 0 Å². The van der Waals surface area contributed by atoms with E-state index in [1.807, 2.05) is 24.3 Å². The lowest BCUT2D eigenvalue weighted by atomic mass is 10.2. The van der Waals surface area contributed by atoms with Gasteiger partial charge in [0, 0.05) is 6.54 Å². The van der Waals surface area contributed by atoms with Gasteiger partial charge in [0.05, 0.1) is 14.2 Å². The molecule has 6 heteroatoms. The van der Waals surface area contributed by atoms with Crippen LogP contribution < -0.4 is 14.8 Å². The van der Waals surface area contributed by atoms with Crippen LogP contribution in [0.3, 0.4) is 0 Å². The van der Waals surface area contributed by atoms with Crippen molar-refractivity contribution in [3.05, 3.63) is 41.3 Å². The van der Waals surface area contributed by atoms with Crippen LogP contribution >= 0.6 is 11.6 Å². The van der Waals surface area contributed by atoms with E-state index in [-0.39, 0.29) is 5.15 Å². The van der Waals surface area contributed by atoms with Crippen LogP contribution in [0, 0.1) is 0 Å². The van der Waals surface area contributed by atoms with Gasteiger partial charge in [0.1, 0.15) is 12.1 Å². The van der Waals surface area contributed by atoms with E-state index in [0.717, 1.165) is 11.3 Å². The normalized spacial score (nSPS) is 10.1. The second-order valence-corrected chi connectivity index (χ2v) is 4.11. The molecule has 0 fully saturated rings. The maximum absolute atomic E-state index is 5.92. The predicted molar refractivity (Wildman–Crippen MR) is 73.9 cm³/mol. The van der Waals surface area contributed by atoms with Crippen LogP contribution in [-0.2, 0) is 6.54 Å². The van der Waals surface area contributed by atoms with Gasteiger partial charge in [-0.15, -0.1) is 0 Å². The zero-order valence-corrected chi connectivity index (χ0v) is 11.4. The molecule has 5 nitrogen and oxygen atoms in total. The molecule has 0 aliphatic rings. The Kier molecular flexibility index (Phi) is 4.41. The first kappa shape index (κ1) is 13.4. The summed E-state index contributed by atoms with van der Waals surface area (Å²) in [5.41, 5.74) is 1.09. The summed E-state index contributed by atoms with van der Waals surface area (Å²) < 4.78 is 10.3. The lowest BCUT2D eigenvalue weighted by molar-refractivity contribution is 0.413. The van der Waals surface area contributed by atoms with Crippen LogP contribution in [0.4, 0.5) is 5.82 Å². The number of hydrogen-bond donors (Lipinski definition) is 1. The molecule has 1 aromatic heterocycles. The largest absolute Gasteiger partial charge is 0.497 e. The van der Waals surface area contributed by atoms with Gasteiger partial charge in [0.25, 0.3) is 0 Å². The number of nitrogens with zero attached hydrogens (tertiary/aromatic N) is 2. The molecule has 0 aliphatic heterocycles. The number of benzene rings is 1. The second kappa shape index (κ2) is 6.24. The third-order valence-electron chi connectivity index (χ3n) is 2.58. The number of aromatic nitrogens is 2. The SMILES string of the molecule is COc1ccc(CNc2ncnc(Cl)c2OC)cc1. The lowest BCUT2D eigenvalue weighted by Gasteiger charge is -2.10. The Morgan fingerprint density at radius 3 is 2.47 bits per heavy atom. The van der Waals surface area contributed by atoms with Gasteiger partial charge in [0.15, 0.2) is 16.7 Å². The molecule has 1 heterocycles. The quantitative estimate of drug-likeness (QED) is 0.853. The first-order valence-electron chi connectivity index (χ1n) is 5.66. The first-order valence-corrected chi connectivity index (χ1v) is 6.03. The van der Waals surface area contributed by atoms with Crippen LogP contribution in [0.25, 0.3) is 0 Å². The number of halogens is 1. The van der Waals surface area contributed by atoms with Gasteiger partial charge in [-0.25, -0.2) is 9.97 Å². The van der Waals surface area contributed by atoms with Crippen molar-refractivity contribution >= 4 is 17.4 Å². The summed E-state index contributed by atoms with van der Waals surface area (Å²) in [5, 5.41) is 3.44. The van der Waals surface area contributed by atoms with Crippen LogP contribution in [0.2, 0.25) is 5.15 Å². The summed E-state index contributed by atoms with van der Waals surface area (Å²) in [6.45, 7) is 0.605. The number of hydrogen-bond acceptors (Lipinski definition) is 5. The van der Waals surface area contributed by atoms with E-state index in [2.05, 4.69) is 15.3 Å². The van der Waals surface area contributed by atoms with Crippen LogP contribution in [-0.4, -0.2) is 24.2 Å². The zero-order valence-electron chi connectivity index (χ0n) is 10.7. The highest BCUT2D eigenvalue weighted by Gasteiger charge is 2.09. The molecule has 2 rings (SSSR count). The van der Waals surface area contributed by atoms with Crippen molar-refractivity contribution < 1.29 is 9.47 Å². The molecule has 0 unspecified atom stereocenters. The maximum atomic E-state index is 5.92. The van der Waals surface area contributed by atoms with Crippen molar-refractivity contribution in [2.24, 2.45) is 0 Å². The molecule has 0 aliphatic carbocycles. The van der Waals surface area contributed by atoms with E-state index in [9.17, 15) is 0 Å². The Morgan fingerprint density at radius 2 is 1.84 bits per heavy atom. The summed E-state index contributed by atoms with van der Waals surface area (Å²) in [7, 11) is 3.17. The molecule has 2 aromatic rings. The third-order valence-corrected chi connectivity index (χ3v) is 2.85. The smallest absolute Gasteiger partial charge is 0.198 e. The summed E-state index contributed by atoms with van der Waals surface area (Å²) in [4.78, 5) is 7.96. The minimum Gasteiger partial charge on any atom is -0.497 e. The van der Waals surface area contributed by atoms with E-state index in [1.165, 1.54) is 13.4 Å². The molecular weight excluding hydrogens is 266 g/mol. The predicted octanol–water partition coefficient (Wildman–Crippen LogP) is 2.76. The van der Waals surface area contributed by atoms with E-state index >= 15 is 0 Å². The van der Waals surface area contributed by atoms with E-state index in [1.54, 1.807) is 7.11 Å². The van der Waals surface area contributed by atoms with Gasteiger partial charge < -0.3 is 14.8 Å². The first-order chi connectivity index (χ1) is 9.24. The summed E-state index contributed by atoms with van der Waals surface area (Å²) in [6, 6.07) is 7.75. The average Bonchev–Trinajstić information content (AvgIpc) is 2.45. The van der Waals surface area contributed by atoms with Crippen molar-refractivity contribution in [2.45, 2.75) is 6.54 Å². The Balaban J connectivity index is 2.07. The molecule has 0 saturated carbocycles. The van der Waals surface area contributed by atoms with Gasteiger partial charge >= 0.3 is 0 Å². The van der Waals surface area contributed by atoms with E-state index in [4.69, 9.17) is 21.1 Å². The summed E-state index contributed by atoms with van der Waals surface area (Å²) >= 11 is 5.92. The molecule has 0 bridgehead atoms. The fourth-order valence-electron chi connectivity index (χ4n) is 1.59. The number of rotatable bonds is 5. The topological polar surface area (TPSA) is 56.3 Å². The highest BCUT2D eigenvalue weighted by molar-refractivity contribution is 6.31. The third kappa shape index (κ3) is 3.26. The number of ether oxygens (including phenoxy) is 2. The maximum Gasteiger partial charge on any atom is 0.198 e. The molecule has 0 saturated heterocycles. The number of anilines is 1. The molecule has 0 amide bonds. The molecule has 0 radical (unpaired) electrons. The number of methoxy groups -OCH3 is 2. The van der Waals surface area contributed by atoms with E-state index < -0.39 is 0 Å².